The van der Waals surface area contributed by atoms with E-state index in [9.17, 15) is 9.59 Å². The van der Waals surface area contributed by atoms with Gasteiger partial charge < -0.3 is 15.2 Å². The zero-order valence-electron chi connectivity index (χ0n) is 14.7. The molecule has 4 rings (SSSR count). The summed E-state index contributed by atoms with van der Waals surface area (Å²) in [7, 11) is 1.70. The third-order valence-corrected chi connectivity index (χ3v) is 6.18. The molecule has 1 saturated carbocycles. The maximum atomic E-state index is 12.9. The Morgan fingerprint density at radius 2 is 2.04 bits per heavy atom. The summed E-state index contributed by atoms with van der Waals surface area (Å²) in [5.74, 6) is 0.152. The summed E-state index contributed by atoms with van der Waals surface area (Å²) in [4.78, 5) is 30.5. The SMILES string of the molecule is CNC(=O)[C@H]1CN(C(=O)Cc2c[nH]c3ccccc23)CC12CCCC2. The van der Waals surface area contributed by atoms with Crippen molar-refractivity contribution in [1.82, 2.24) is 15.2 Å². The number of fused-ring (bicyclic) bond motifs is 1. The predicted octanol–water partition coefficient (Wildman–Crippen LogP) is 2.48. The average molecular weight is 339 g/mol. The number of aromatic amines is 1. The van der Waals surface area contributed by atoms with Gasteiger partial charge in [-0.05, 0) is 24.5 Å². The van der Waals surface area contributed by atoms with Crippen LogP contribution in [0.4, 0.5) is 0 Å². The molecule has 1 aromatic carbocycles. The second-order valence-corrected chi connectivity index (χ2v) is 7.55. The van der Waals surface area contributed by atoms with Crippen molar-refractivity contribution >= 4 is 22.7 Å². The van der Waals surface area contributed by atoms with Gasteiger partial charge in [-0.3, -0.25) is 9.59 Å². The summed E-state index contributed by atoms with van der Waals surface area (Å²) in [5.41, 5.74) is 2.09. The van der Waals surface area contributed by atoms with Gasteiger partial charge in [0.1, 0.15) is 0 Å². The number of benzene rings is 1. The number of aromatic nitrogens is 1. The summed E-state index contributed by atoms with van der Waals surface area (Å²) in [6.07, 6.45) is 6.76. The van der Waals surface area contributed by atoms with Gasteiger partial charge in [0.2, 0.25) is 11.8 Å². The summed E-state index contributed by atoms with van der Waals surface area (Å²) >= 11 is 0. The minimum atomic E-state index is -0.0630. The van der Waals surface area contributed by atoms with E-state index in [4.69, 9.17) is 0 Å². The highest BCUT2D eigenvalue weighted by Crippen LogP contribution is 2.49. The van der Waals surface area contributed by atoms with Crippen LogP contribution in [-0.2, 0) is 16.0 Å². The van der Waals surface area contributed by atoms with Gasteiger partial charge in [-0.15, -0.1) is 0 Å². The first kappa shape index (κ1) is 16.2. The summed E-state index contributed by atoms with van der Waals surface area (Å²) in [6.45, 7) is 1.28. The van der Waals surface area contributed by atoms with Crippen LogP contribution in [0.5, 0.6) is 0 Å². The lowest BCUT2D eigenvalue weighted by Crippen LogP contribution is -2.38. The molecule has 2 aliphatic rings. The lowest BCUT2D eigenvalue weighted by molar-refractivity contribution is -0.130. The maximum Gasteiger partial charge on any atom is 0.227 e. The second-order valence-electron chi connectivity index (χ2n) is 7.55. The quantitative estimate of drug-likeness (QED) is 0.902. The predicted molar refractivity (Wildman–Crippen MR) is 97.0 cm³/mol. The van der Waals surface area contributed by atoms with Crippen LogP contribution in [0.1, 0.15) is 31.2 Å². The largest absolute Gasteiger partial charge is 0.361 e. The van der Waals surface area contributed by atoms with Gasteiger partial charge in [0.15, 0.2) is 0 Å². The molecule has 1 spiro atoms. The highest BCUT2D eigenvalue weighted by Gasteiger charge is 2.51. The number of hydrogen-bond acceptors (Lipinski definition) is 2. The van der Waals surface area contributed by atoms with E-state index in [2.05, 4.69) is 10.3 Å². The number of amides is 2. The van der Waals surface area contributed by atoms with Crippen molar-refractivity contribution in [2.75, 3.05) is 20.1 Å². The van der Waals surface area contributed by atoms with Gasteiger partial charge in [-0.25, -0.2) is 0 Å². The fraction of sp³-hybridized carbons (Fsp3) is 0.500. The molecular weight excluding hydrogens is 314 g/mol. The topological polar surface area (TPSA) is 65.2 Å². The minimum absolute atomic E-state index is 0.00400. The third-order valence-electron chi connectivity index (χ3n) is 6.18. The minimum Gasteiger partial charge on any atom is -0.361 e. The van der Waals surface area contributed by atoms with Crippen LogP contribution in [0.3, 0.4) is 0 Å². The number of nitrogens with one attached hydrogen (secondary N) is 2. The van der Waals surface area contributed by atoms with Crippen LogP contribution in [0.25, 0.3) is 10.9 Å². The Morgan fingerprint density at radius 3 is 2.80 bits per heavy atom. The van der Waals surface area contributed by atoms with Crippen molar-refractivity contribution in [2.24, 2.45) is 11.3 Å². The second kappa shape index (κ2) is 6.21. The molecule has 2 fully saturated rings. The zero-order chi connectivity index (χ0) is 17.4. The summed E-state index contributed by atoms with van der Waals surface area (Å²) in [6, 6.07) is 8.05. The number of carbonyl (C=O) groups excluding carboxylic acids is 2. The number of hydrogen-bond donors (Lipinski definition) is 2. The molecule has 25 heavy (non-hydrogen) atoms. The molecule has 5 nitrogen and oxygen atoms in total. The van der Waals surface area contributed by atoms with Crippen LogP contribution in [0.15, 0.2) is 30.5 Å². The van der Waals surface area contributed by atoms with Crippen molar-refractivity contribution < 1.29 is 9.59 Å². The molecule has 0 radical (unpaired) electrons. The van der Waals surface area contributed by atoms with Crippen molar-refractivity contribution in [3.63, 3.8) is 0 Å². The molecule has 1 aliphatic carbocycles. The first-order chi connectivity index (χ1) is 12.1. The van der Waals surface area contributed by atoms with Crippen LogP contribution >= 0.6 is 0 Å². The van der Waals surface area contributed by atoms with E-state index in [1.54, 1.807) is 7.05 Å². The molecule has 5 heteroatoms. The number of nitrogens with zero attached hydrogens (tertiary/aromatic N) is 1. The van der Waals surface area contributed by atoms with Crippen LogP contribution in [-0.4, -0.2) is 41.8 Å². The number of rotatable bonds is 3. The van der Waals surface area contributed by atoms with Crippen LogP contribution < -0.4 is 5.32 Å². The van der Waals surface area contributed by atoms with Crippen molar-refractivity contribution in [1.29, 1.82) is 0 Å². The number of likely N-dealkylation sites (tertiary alicyclic amines) is 1. The lowest BCUT2D eigenvalue weighted by Gasteiger charge is -2.28. The molecule has 2 N–H and O–H groups in total. The zero-order valence-corrected chi connectivity index (χ0v) is 14.7. The number of H-pyrrole nitrogens is 1. The van der Waals surface area contributed by atoms with Gasteiger partial charge in [0.25, 0.3) is 0 Å². The Morgan fingerprint density at radius 1 is 1.28 bits per heavy atom. The van der Waals surface area contributed by atoms with Gasteiger partial charge in [-0.2, -0.15) is 0 Å². The van der Waals surface area contributed by atoms with Crippen LogP contribution in [0, 0.1) is 11.3 Å². The van der Waals surface area contributed by atoms with Crippen molar-refractivity contribution in [3.8, 4) is 0 Å². The molecule has 1 saturated heterocycles. The van der Waals surface area contributed by atoms with Crippen molar-refractivity contribution in [3.05, 3.63) is 36.0 Å². The smallest absolute Gasteiger partial charge is 0.227 e. The normalized spacial score (nSPS) is 22.0. The van der Waals surface area contributed by atoms with E-state index in [1.807, 2.05) is 35.4 Å². The third kappa shape index (κ3) is 2.71. The molecule has 2 heterocycles. The Hall–Kier alpha value is -2.30. The monoisotopic (exact) mass is 339 g/mol. The Labute approximate surface area is 147 Å². The maximum absolute atomic E-state index is 12.9. The first-order valence-electron chi connectivity index (χ1n) is 9.17. The van der Waals surface area contributed by atoms with Gasteiger partial charge in [0, 0.05) is 42.7 Å². The van der Waals surface area contributed by atoms with E-state index in [0.29, 0.717) is 13.0 Å². The molecule has 1 aliphatic heterocycles. The molecule has 1 atom stereocenters. The van der Waals surface area contributed by atoms with E-state index in [0.717, 1.165) is 48.7 Å². The molecule has 2 amide bonds. The molecule has 0 unspecified atom stereocenters. The van der Waals surface area contributed by atoms with E-state index in [1.165, 1.54) is 0 Å². The van der Waals surface area contributed by atoms with E-state index in [-0.39, 0.29) is 23.1 Å². The fourth-order valence-corrected chi connectivity index (χ4v) is 4.83. The average Bonchev–Trinajstić information content (AvgIpc) is 3.35. The van der Waals surface area contributed by atoms with Gasteiger partial charge in [0.05, 0.1) is 12.3 Å². The Balaban J connectivity index is 1.53. The van der Waals surface area contributed by atoms with E-state index >= 15 is 0 Å². The Bertz CT molecular complexity index is 804. The van der Waals surface area contributed by atoms with Crippen molar-refractivity contribution in [2.45, 2.75) is 32.1 Å². The number of carbonyl (C=O) groups is 2. The van der Waals surface area contributed by atoms with Crippen LogP contribution in [0.2, 0.25) is 0 Å². The highest BCUT2D eigenvalue weighted by molar-refractivity contribution is 5.89. The summed E-state index contributed by atoms with van der Waals surface area (Å²) in [5, 5.41) is 3.91. The molecule has 0 bridgehead atoms. The van der Waals surface area contributed by atoms with E-state index < -0.39 is 0 Å². The molecule has 1 aromatic heterocycles. The highest BCUT2D eigenvalue weighted by atomic mass is 16.2. The molecule has 2 aromatic rings. The van der Waals surface area contributed by atoms with Gasteiger partial charge in [-0.1, -0.05) is 31.0 Å². The molecular formula is C20H25N3O2. The molecule has 132 valence electrons. The fourth-order valence-electron chi connectivity index (χ4n) is 4.83. The Kier molecular flexibility index (Phi) is 4.02. The van der Waals surface area contributed by atoms with Gasteiger partial charge >= 0.3 is 0 Å². The summed E-state index contributed by atoms with van der Waals surface area (Å²) < 4.78 is 0. The first-order valence-corrected chi connectivity index (χ1v) is 9.17. The standard InChI is InChI=1S/C20H25N3O2/c1-21-19(25)16-12-23(13-20(16)8-4-5-9-20)18(24)10-14-11-22-17-7-3-2-6-15(14)17/h2-3,6-7,11,16,22H,4-5,8-10,12-13H2,1H3,(H,21,25)/t16-/m1/s1. The lowest BCUT2D eigenvalue weighted by atomic mass is 9.76. The number of para-hydroxylation sites is 1.